The van der Waals surface area contributed by atoms with Crippen molar-refractivity contribution in [1.29, 1.82) is 0 Å². The molecule has 2 aromatic rings. The van der Waals surface area contributed by atoms with Crippen molar-refractivity contribution in [2.24, 2.45) is 52.1 Å². The van der Waals surface area contributed by atoms with Crippen LogP contribution in [0.5, 0.6) is 28.7 Å². The highest BCUT2D eigenvalue weighted by molar-refractivity contribution is 5.75. The fourth-order valence-corrected chi connectivity index (χ4v) is 15.3. The maximum absolute atomic E-state index is 13.5. The Hall–Kier alpha value is -4.77. The number of phenolic OH excluding ortho intramolecular Hbond substituents is 2. The van der Waals surface area contributed by atoms with Crippen molar-refractivity contribution < 1.29 is 54.4 Å². The van der Waals surface area contributed by atoms with E-state index in [4.69, 9.17) is 24.7 Å². The zero-order chi connectivity index (χ0) is 49.0. The van der Waals surface area contributed by atoms with Crippen LogP contribution in [-0.4, -0.2) is 106 Å². The number of hydrogen-bond donors (Lipinski definition) is 10. The number of methoxy groups -OCH3 is 1. The Kier molecular flexibility index (Phi) is 13.7. The van der Waals surface area contributed by atoms with Crippen LogP contribution in [0.15, 0.2) is 78.2 Å². The SMILES string of the molecule is COc1cc([C@H]2O[C@@H](CCc3ccc(O)c(OCN[C@]45C=C[C@H]6CC[C@H](CC4)[C@@H]6[C@@H]5O)c3)C[C@H](O)[C@@H]2CCO)cc(OC[C@H]2N[C@@H](C)CC3(CCCC3)[C@]23[C@@H](C(=O)O)C=C[C@@H]3C2=CCNC(N)=C2)c1O. The minimum atomic E-state index is -0.879. The molecule has 11 N–H and O–H groups in total. The fourth-order valence-electron chi connectivity index (χ4n) is 15.3. The number of hydrogen-bond acceptors (Lipinski definition) is 14. The van der Waals surface area contributed by atoms with Crippen molar-refractivity contribution >= 4 is 5.97 Å². The van der Waals surface area contributed by atoms with Gasteiger partial charge in [-0.15, -0.1) is 0 Å². The molecule has 10 rings (SSSR count). The standard InChI is InChI=1S/C55H74N4O11/c1-31-28-53(17-3-4-18-53)55(39(10-11-40(55)52(65)66)35-15-21-57-47(56)26-35)46(59-31)29-68-45-25-36(24-44(67-2)49(45)63)50-38(16-22-60)42(62)27-37(70-50)9-5-32-6-12-41(61)43(23-32)69-30-58-54-19-13-33-7-8-34(14-20-54)48(33)51(54)64/h6,10-13,15,19,23-26,31,33-34,37-40,42,46,48,50-51,57-64H,3-5,7-9,14,16-18,20-22,27-30,56H2,1-2H3,(H,65,66)/t31-,33+,34+,37-,38-,39+,40+,42-,46+,48+,50+,51-,54+,55+/m0/s1. The quantitative estimate of drug-likeness (QED) is 0.0702. The van der Waals surface area contributed by atoms with E-state index in [9.17, 15) is 35.4 Å². The second-order valence-corrected chi connectivity index (χ2v) is 21.9. The number of aryl methyl sites for hydroxylation is 1. The molecule has 0 amide bonds. The number of dihydropyridines is 1. The normalized spacial score (nSPS) is 37.0. The van der Waals surface area contributed by atoms with Crippen LogP contribution in [0.4, 0.5) is 0 Å². The van der Waals surface area contributed by atoms with Gasteiger partial charge in [0, 0.05) is 42.5 Å². The van der Waals surface area contributed by atoms with Crippen molar-refractivity contribution in [2.75, 3.05) is 33.6 Å². The number of ether oxygens (including phenoxy) is 4. The van der Waals surface area contributed by atoms with Gasteiger partial charge in [-0.25, -0.2) is 0 Å². The van der Waals surface area contributed by atoms with E-state index in [1.54, 1.807) is 18.2 Å². The smallest absolute Gasteiger partial charge is 0.311 e. The van der Waals surface area contributed by atoms with Gasteiger partial charge in [0.15, 0.2) is 23.0 Å². The predicted octanol–water partition coefficient (Wildman–Crippen LogP) is 5.85. The summed E-state index contributed by atoms with van der Waals surface area (Å²) in [6.45, 7) is 2.69. The number of nitrogens with one attached hydrogen (secondary N) is 3. The van der Waals surface area contributed by atoms with Gasteiger partial charge in [-0.3, -0.25) is 10.1 Å². The molecule has 15 heteroatoms. The van der Waals surface area contributed by atoms with E-state index >= 15 is 0 Å². The summed E-state index contributed by atoms with van der Waals surface area (Å²) in [4.78, 5) is 13.5. The minimum Gasteiger partial charge on any atom is -0.504 e. The minimum absolute atomic E-state index is 0.0165. The van der Waals surface area contributed by atoms with Crippen molar-refractivity contribution in [2.45, 2.75) is 132 Å². The van der Waals surface area contributed by atoms with Gasteiger partial charge in [-0.2, -0.15) is 0 Å². The first-order valence-corrected chi connectivity index (χ1v) is 25.9. The maximum atomic E-state index is 13.5. The van der Waals surface area contributed by atoms with Crippen molar-refractivity contribution in [3.8, 4) is 28.7 Å². The molecular formula is C55H74N4O11. The first kappa shape index (κ1) is 48.8. The van der Waals surface area contributed by atoms with Gasteiger partial charge >= 0.3 is 5.97 Å². The van der Waals surface area contributed by atoms with E-state index in [0.29, 0.717) is 54.8 Å². The molecule has 2 aromatic carbocycles. The Balaban J connectivity index is 0.871. The summed E-state index contributed by atoms with van der Waals surface area (Å²) >= 11 is 0. The van der Waals surface area contributed by atoms with E-state index in [1.165, 1.54) is 13.5 Å². The number of aliphatic hydroxyl groups excluding tert-OH is 3. The van der Waals surface area contributed by atoms with Gasteiger partial charge in [-0.1, -0.05) is 49.3 Å². The summed E-state index contributed by atoms with van der Waals surface area (Å²) in [5.74, 6) is -0.152. The predicted molar refractivity (Wildman–Crippen MR) is 262 cm³/mol. The molecule has 3 heterocycles. The van der Waals surface area contributed by atoms with Gasteiger partial charge in [0.1, 0.15) is 13.3 Å². The molecule has 0 unspecified atom stereocenters. The van der Waals surface area contributed by atoms with Gasteiger partial charge in [0.05, 0.1) is 48.8 Å². The lowest BCUT2D eigenvalue weighted by Gasteiger charge is -2.61. The molecule has 3 aliphatic heterocycles. The van der Waals surface area contributed by atoms with E-state index < -0.39 is 59.2 Å². The molecule has 15 nitrogen and oxygen atoms in total. The number of aromatic hydroxyl groups is 2. The summed E-state index contributed by atoms with van der Waals surface area (Å²) in [5, 5.41) is 77.4. The first-order chi connectivity index (χ1) is 33.8. The molecule has 5 aliphatic carbocycles. The lowest BCUT2D eigenvalue weighted by atomic mass is 9.46. The molecule has 14 atom stereocenters. The molecule has 0 radical (unpaired) electrons. The lowest BCUT2D eigenvalue weighted by molar-refractivity contribution is -0.160. The van der Waals surface area contributed by atoms with Crippen LogP contribution in [0.2, 0.25) is 0 Å². The highest BCUT2D eigenvalue weighted by Crippen LogP contribution is 2.68. The third-order valence-corrected chi connectivity index (χ3v) is 18.3. The van der Waals surface area contributed by atoms with E-state index in [-0.39, 0.29) is 72.7 Å². The summed E-state index contributed by atoms with van der Waals surface area (Å²) in [6.07, 6.45) is 20.6. The van der Waals surface area contributed by atoms with E-state index in [1.807, 2.05) is 24.3 Å². The van der Waals surface area contributed by atoms with Crippen LogP contribution in [0, 0.1) is 46.3 Å². The molecule has 70 heavy (non-hydrogen) atoms. The van der Waals surface area contributed by atoms with Gasteiger partial charge in [-0.05, 0) is 148 Å². The highest BCUT2D eigenvalue weighted by Gasteiger charge is 2.69. The Morgan fingerprint density at radius 2 is 1.80 bits per heavy atom. The zero-order valence-electron chi connectivity index (χ0n) is 40.6. The number of carboxylic acid groups (broad SMARTS) is 1. The number of allylic oxidation sites excluding steroid dienone is 4. The third kappa shape index (κ3) is 8.55. The summed E-state index contributed by atoms with van der Waals surface area (Å²) in [6, 6.07) is 8.33. The van der Waals surface area contributed by atoms with Crippen LogP contribution < -0.4 is 35.9 Å². The Morgan fingerprint density at radius 1 is 0.986 bits per heavy atom. The third-order valence-electron chi connectivity index (χ3n) is 18.3. The van der Waals surface area contributed by atoms with Crippen molar-refractivity contribution in [3.05, 3.63) is 89.3 Å². The van der Waals surface area contributed by atoms with Crippen LogP contribution in [-0.2, 0) is 16.0 Å². The van der Waals surface area contributed by atoms with Crippen LogP contribution in [0.1, 0.15) is 101 Å². The van der Waals surface area contributed by atoms with E-state index in [0.717, 1.165) is 62.5 Å². The molecule has 5 fully saturated rings. The Morgan fingerprint density at radius 3 is 2.57 bits per heavy atom. The van der Waals surface area contributed by atoms with Crippen LogP contribution in [0.3, 0.4) is 0 Å². The number of rotatable bonds is 16. The molecule has 2 spiro atoms. The summed E-state index contributed by atoms with van der Waals surface area (Å²) < 4.78 is 25.5. The molecule has 0 aromatic heterocycles. The molecule has 2 bridgehead atoms. The molecule has 2 saturated heterocycles. The number of phenols is 2. The van der Waals surface area contributed by atoms with Crippen LogP contribution >= 0.6 is 0 Å². The lowest BCUT2D eigenvalue weighted by Crippen LogP contribution is -2.69. The monoisotopic (exact) mass is 967 g/mol. The van der Waals surface area contributed by atoms with E-state index in [2.05, 4.69) is 47.2 Å². The number of aliphatic hydroxyl groups is 3. The molecular weight excluding hydrogens is 893 g/mol. The average molecular weight is 967 g/mol. The number of aliphatic carboxylic acids is 1. The number of carboxylic acids is 1. The number of nitrogens with two attached hydrogens (primary N) is 1. The number of piperidine rings is 1. The Bertz CT molecular complexity index is 2380. The average Bonchev–Trinajstić information content (AvgIpc) is 4.11. The second kappa shape index (κ2) is 19.7. The van der Waals surface area contributed by atoms with Gasteiger partial charge in [0.2, 0.25) is 5.75 Å². The van der Waals surface area contributed by atoms with Crippen molar-refractivity contribution in [1.82, 2.24) is 16.0 Å². The maximum Gasteiger partial charge on any atom is 0.311 e. The summed E-state index contributed by atoms with van der Waals surface area (Å²) in [7, 11) is 1.46. The zero-order valence-corrected chi connectivity index (χ0v) is 40.6. The molecule has 3 saturated carbocycles. The highest BCUT2D eigenvalue weighted by atomic mass is 16.5. The number of benzene rings is 2. The molecule has 380 valence electrons. The fraction of sp³-hybridized carbons (Fsp3) is 0.618. The van der Waals surface area contributed by atoms with Crippen LogP contribution in [0.25, 0.3) is 0 Å². The van der Waals surface area contributed by atoms with Crippen molar-refractivity contribution in [3.63, 3.8) is 0 Å². The summed E-state index contributed by atoms with van der Waals surface area (Å²) in [5.41, 5.74) is 7.18. The largest absolute Gasteiger partial charge is 0.504 e. The second-order valence-electron chi connectivity index (χ2n) is 21.9. The first-order valence-electron chi connectivity index (χ1n) is 25.9. The number of fused-ring (bicyclic) bond motifs is 2. The molecule has 8 aliphatic rings. The Labute approximate surface area is 411 Å². The number of carbonyl (C=O) groups is 1. The van der Waals surface area contributed by atoms with Gasteiger partial charge in [0.25, 0.3) is 0 Å². The van der Waals surface area contributed by atoms with Gasteiger partial charge < -0.3 is 66.0 Å². The topological polar surface area (TPSA) is 237 Å².